The van der Waals surface area contributed by atoms with Crippen molar-refractivity contribution >= 4 is 35.1 Å². The number of aryl methyl sites for hydroxylation is 2. The quantitative estimate of drug-likeness (QED) is 0.334. The maximum absolute atomic E-state index is 13.5. The van der Waals surface area contributed by atoms with Crippen LogP contribution < -0.4 is 10.2 Å². The largest absolute Gasteiger partial charge is 0.507 e. The number of amides is 2. The van der Waals surface area contributed by atoms with E-state index in [1.54, 1.807) is 54.6 Å². The van der Waals surface area contributed by atoms with Gasteiger partial charge in [-0.25, -0.2) is 4.99 Å². The molecule has 2 amide bonds. The highest BCUT2D eigenvalue weighted by atomic mass is 16.3. The van der Waals surface area contributed by atoms with Crippen LogP contribution in [-0.4, -0.2) is 22.8 Å². The number of para-hydroxylation sites is 2. The summed E-state index contributed by atoms with van der Waals surface area (Å²) < 4.78 is 0. The van der Waals surface area contributed by atoms with Gasteiger partial charge < -0.3 is 10.4 Å². The van der Waals surface area contributed by atoms with E-state index in [0.717, 1.165) is 22.4 Å². The second kappa shape index (κ2) is 9.95. The van der Waals surface area contributed by atoms with Gasteiger partial charge in [-0.3, -0.25) is 14.5 Å². The highest BCUT2D eigenvalue weighted by Gasteiger charge is 2.32. The van der Waals surface area contributed by atoms with Crippen molar-refractivity contribution in [2.75, 3.05) is 10.2 Å². The molecule has 0 saturated heterocycles. The van der Waals surface area contributed by atoms with Crippen molar-refractivity contribution in [3.63, 3.8) is 0 Å². The summed E-state index contributed by atoms with van der Waals surface area (Å²) in [5.41, 5.74) is 5.30. The number of amidine groups is 1. The first kappa shape index (κ1) is 23.8. The first-order valence-electron chi connectivity index (χ1n) is 11.9. The van der Waals surface area contributed by atoms with Crippen LogP contribution in [0, 0.1) is 13.8 Å². The van der Waals surface area contributed by atoms with Gasteiger partial charge in [-0.15, -0.1) is 0 Å². The van der Waals surface area contributed by atoms with E-state index in [2.05, 4.69) is 10.3 Å². The minimum Gasteiger partial charge on any atom is -0.507 e. The number of aromatic hydroxyl groups is 1. The molecule has 0 radical (unpaired) electrons. The first-order valence-corrected chi connectivity index (χ1v) is 11.9. The molecule has 0 aliphatic carbocycles. The number of carbonyl (C=O) groups is 2. The monoisotopic (exact) mass is 487 g/mol. The zero-order chi connectivity index (χ0) is 25.9. The van der Waals surface area contributed by atoms with Crippen LogP contribution in [0.25, 0.3) is 6.08 Å². The Kier molecular flexibility index (Phi) is 6.39. The molecule has 0 atom stereocenters. The van der Waals surface area contributed by atoms with Gasteiger partial charge >= 0.3 is 0 Å². The molecule has 0 bridgehead atoms. The summed E-state index contributed by atoms with van der Waals surface area (Å²) in [7, 11) is 0. The zero-order valence-electron chi connectivity index (χ0n) is 20.5. The molecule has 5 rings (SSSR count). The molecular formula is C31H25N3O3. The molecule has 6 nitrogen and oxygen atoms in total. The highest BCUT2D eigenvalue weighted by Crippen LogP contribution is 2.30. The first-order chi connectivity index (χ1) is 17.9. The van der Waals surface area contributed by atoms with Gasteiger partial charge in [0.05, 0.1) is 5.69 Å². The third-order valence-corrected chi connectivity index (χ3v) is 6.23. The number of hydrogen-bond acceptors (Lipinski definition) is 4. The van der Waals surface area contributed by atoms with Crippen molar-refractivity contribution in [2.24, 2.45) is 4.99 Å². The third-order valence-electron chi connectivity index (χ3n) is 6.23. The standard InChI is InChI=1S/C31H25N3O3/c1-20-9-8-10-21(2)28(20)33-30(36)23-15-17-25(18-16-23)34-29(22-11-4-3-5-12-22)32-26(31(34)37)19-24-13-6-7-14-27(24)35/h3-19,35H,1-2H3,(H,33,36)/b26-19-. The van der Waals surface area contributed by atoms with E-state index >= 15 is 0 Å². The lowest BCUT2D eigenvalue weighted by molar-refractivity contribution is -0.113. The molecule has 1 aliphatic rings. The molecule has 0 fully saturated rings. The number of carbonyl (C=O) groups excluding carboxylic acids is 2. The van der Waals surface area contributed by atoms with Crippen molar-refractivity contribution in [3.05, 3.63) is 131 Å². The molecule has 1 heterocycles. The molecular weight excluding hydrogens is 462 g/mol. The highest BCUT2D eigenvalue weighted by molar-refractivity contribution is 6.33. The topological polar surface area (TPSA) is 82.0 Å². The lowest BCUT2D eigenvalue weighted by Gasteiger charge is -2.19. The minimum absolute atomic E-state index is 0.0666. The smallest absolute Gasteiger partial charge is 0.282 e. The Balaban J connectivity index is 1.47. The van der Waals surface area contributed by atoms with E-state index < -0.39 is 0 Å². The number of phenolic OH excluding ortho intramolecular Hbond substituents is 1. The number of rotatable bonds is 5. The Labute approximate surface area is 215 Å². The van der Waals surface area contributed by atoms with E-state index in [1.165, 1.54) is 4.90 Å². The Morgan fingerprint density at radius 2 is 1.49 bits per heavy atom. The molecule has 0 aromatic heterocycles. The van der Waals surface area contributed by atoms with E-state index in [-0.39, 0.29) is 23.3 Å². The number of aliphatic imine (C=N–C) groups is 1. The predicted molar refractivity (Wildman–Crippen MR) is 147 cm³/mol. The summed E-state index contributed by atoms with van der Waals surface area (Å²) in [6, 6.07) is 28.9. The number of nitrogens with one attached hydrogen (secondary N) is 1. The SMILES string of the molecule is Cc1cccc(C)c1NC(=O)c1ccc(N2C(=O)/C(=C/c3ccccc3O)N=C2c2ccccc2)cc1. The zero-order valence-corrected chi connectivity index (χ0v) is 20.5. The Morgan fingerprint density at radius 3 is 2.16 bits per heavy atom. The minimum atomic E-state index is -0.324. The summed E-state index contributed by atoms with van der Waals surface area (Å²) in [5, 5.41) is 13.2. The van der Waals surface area contributed by atoms with Gasteiger partial charge in [0.1, 0.15) is 17.3 Å². The Morgan fingerprint density at radius 1 is 0.838 bits per heavy atom. The Bertz CT molecular complexity index is 1530. The fourth-order valence-electron chi connectivity index (χ4n) is 4.25. The maximum Gasteiger partial charge on any atom is 0.282 e. The molecule has 0 unspecified atom stereocenters. The van der Waals surface area contributed by atoms with Crippen molar-refractivity contribution in [3.8, 4) is 5.75 Å². The lowest BCUT2D eigenvalue weighted by Crippen LogP contribution is -2.32. The van der Waals surface area contributed by atoms with Crippen molar-refractivity contribution < 1.29 is 14.7 Å². The van der Waals surface area contributed by atoms with Crippen LogP contribution in [0.5, 0.6) is 5.75 Å². The third kappa shape index (κ3) is 4.77. The Hall–Kier alpha value is -4.97. The van der Waals surface area contributed by atoms with Gasteiger partial charge in [-0.1, -0.05) is 66.7 Å². The van der Waals surface area contributed by atoms with Crippen LogP contribution in [0.2, 0.25) is 0 Å². The van der Waals surface area contributed by atoms with E-state index in [1.807, 2.05) is 62.4 Å². The summed E-state index contributed by atoms with van der Waals surface area (Å²) >= 11 is 0. The van der Waals surface area contributed by atoms with E-state index in [0.29, 0.717) is 22.6 Å². The maximum atomic E-state index is 13.5. The summed E-state index contributed by atoms with van der Waals surface area (Å²) in [4.78, 5) is 32.6. The fraction of sp³-hybridized carbons (Fsp3) is 0.0645. The molecule has 182 valence electrons. The van der Waals surface area contributed by atoms with Gasteiger partial charge in [0.15, 0.2) is 0 Å². The molecule has 4 aromatic carbocycles. The fourth-order valence-corrected chi connectivity index (χ4v) is 4.25. The van der Waals surface area contributed by atoms with Crippen molar-refractivity contribution in [1.29, 1.82) is 0 Å². The van der Waals surface area contributed by atoms with E-state index in [4.69, 9.17) is 0 Å². The summed E-state index contributed by atoms with van der Waals surface area (Å²) in [5.74, 6) is -0.0133. The molecule has 4 aromatic rings. The van der Waals surface area contributed by atoms with Gasteiger partial charge in [0.2, 0.25) is 0 Å². The van der Waals surface area contributed by atoms with Crippen LogP contribution >= 0.6 is 0 Å². The molecule has 1 aliphatic heterocycles. The second-order valence-electron chi connectivity index (χ2n) is 8.80. The number of anilines is 2. The summed E-state index contributed by atoms with van der Waals surface area (Å²) in [6.45, 7) is 3.91. The van der Waals surface area contributed by atoms with Gasteiger partial charge in [0.25, 0.3) is 11.8 Å². The van der Waals surface area contributed by atoms with Crippen molar-refractivity contribution in [2.45, 2.75) is 13.8 Å². The van der Waals surface area contributed by atoms with Crippen LogP contribution in [0.3, 0.4) is 0 Å². The lowest BCUT2D eigenvalue weighted by atomic mass is 10.1. The normalized spacial score (nSPS) is 14.1. The van der Waals surface area contributed by atoms with Gasteiger partial charge in [-0.05, 0) is 61.4 Å². The number of hydrogen-bond donors (Lipinski definition) is 2. The number of benzene rings is 4. The molecule has 6 heteroatoms. The molecule has 0 saturated carbocycles. The van der Waals surface area contributed by atoms with E-state index in [9.17, 15) is 14.7 Å². The van der Waals surface area contributed by atoms with Crippen LogP contribution in [-0.2, 0) is 4.79 Å². The average Bonchev–Trinajstić information content (AvgIpc) is 3.24. The number of nitrogens with zero attached hydrogens (tertiary/aromatic N) is 2. The van der Waals surface area contributed by atoms with Gasteiger partial charge in [-0.2, -0.15) is 0 Å². The van der Waals surface area contributed by atoms with Gasteiger partial charge in [0, 0.05) is 22.4 Å². The summed E-state index contributed by atoms with van der Waals surface area (Å²) in [6.07, 6.45) is 1.58. The molecule has 0 spiro atoms. The van der Waals surface area contributed by atoms with Crippen LogP contribution in [0.4, 0.5) is 11.4 Å². The molecule has 37 heavy (non-hydrogen) atoms. The van der Waals surface area contributed by atoms with Crippen molar-refractivity contribution in [1.82, 2.24) is 0 Å². The number of phenols is 1. The van der Waals surface area contributed by atoms with Crippen LogP contribution in [0.15, 0.2) is 108 Å². The van der Waals surface area contributed by atoms with Crippen LogP contribution in [0.1, 0.15) is 32.6 Å². The predicted octanol–water partition coefficient (Wildman–Crippen LogP) is 6.10. The molecule has 2 N–H and O–H groups in total. The second-order valence-corrected chi connectivity index (χ2v) is 8.80. The average molecular weight is 488 g/mol.